The Morgan fingerprint density at radius 3 is 2.43 bits per heavy atom. The Balaban J connectivity index is 1.61. The van der Waals surface area contributed by atoms with Crippen molar-refractivity contribution < 1.29 is 19.1 Å². The van der Waals surface area contributed by atoms with E-state index in [9.17, 15) is 9.59 Å². The van der Waals surface area contributed by atoms with Crippen LogP contribution in [0.3, 0.4) is 0 Å². The number of anilines is 1. The summed E-state index contributed by atoms with van der Waals surface area (Å²) in [5, 5.41) is 5.38. The van der Waals surface area contributed by atoms with E-state index in [0.29, 0.717) is 30.0 Å². The number of hydrogen-bond acceptors (Lipinski definition) is 6. The molecule has 0 spiro atoms. The number of aromatic nitrogens is 1. The molecule has 1 amide bonds. The monoisotopic (exact) mass is 396 g/mol. The van der Waals surface area contributed by atoms with E-state index < -0.39 is 0 Å². The number of carbonyl (C=O) groups is 2. The highest BCUT2D eigenvalue weighted by Gasteiger charge is 2.12. The minimum atomic E-state index is -0.386. The Morgan fingerprint density at radius 1 is 1.07 bits per heavy atom. The number of carbonyl (C=O) groups excluding carboxylic acids is 2. The fraction of sp³-hybridized carbons (Fsp3) is 0.190. The number of nitrogens with one attached hydrogen (secondary N) is 1. The van der Waals surface area contributed by atoms with Gasteiger partial charge in [0.05, 0.1) is 24.3 Å². The molecular formula is C21H20N2O4S. The topological polar surface area (TPSA) is 77.5 Å². The van der Waals surface area contributed by atoms with E-state index in [1.807, 2.05) is 24.3 Å². The number of hydrogen-bond donors (Lipinski definition) is 1. The first-order chi connectivity index (χ1) is 13.6. The Hall–Kier alpha value is -3.19. The molecule has 6 nitrogen and oxygen atoms in total. The van der Waals surface area contributed by atoms with Crippen molar-refractivity contribution in [2.45, 2.75) is 13.3 Å². The molecule has 0 saturated heterocycles. The summed E-state index contributed by atoms with van der Waals surface area (Å²) in [5.41, 5.74) is 2.48. The maximum atomic E-state index is 12.4. The molecule has 0 aliphatic heterocycles. The van der Waals surface area contributed by atoms with Gasteiger partial charge in [0.2, 0.25) is 0 Å². The van der Waals surface area contributed by atoms with E-state index in [4.69, 9.17) is 9.47 Å². The molecule has 3 rings (SSSR count). The van der Waals surface area contributed by atoms with Crippen molar-refractivity contribution in [3.05, 3.63) is 75.7 Å². The van der Waals surface area contributed by atoms with E-state index >= 15 is 0 Å². The zero-order valence-electron chi connectivity index (χ0n) is 15.6. The average Bonchev–Trinajstić information content (AvgIpc) is 3.18. The van der Waals surface area contributed by atoms with Crippen LogP contribution in [0.4, 0.5) is 5.69 Å². The van der Waals surface area contributed by atoms with Crippen molar-refractivity contribution in [1.29, 1.82) is 0 Å². The van der Waals surface area contributed by atoms with Gasteiger partial charge in [0, 0.05) is 17.5 Å². The van der Waals surface area contributed by atoms with Crippen LogP contribution in [0.5, 0.6) is 5.75 Å². The summed E-state index contributed by atoms with van der Waals surface area (Å²) in [6, 6.07) is 14.3. The van der Waals surface area contributed by atoms with Crippen LogP contribution in [0.1, 0.15) is 38.3 Å². The van der Waals surface area contributed by atoms with Crippen molar-refractivity contribution in [1.82, 2.24) is 4.98 Å². The van der Waals surface area contributed by atoms with Crippen LogP contribution in [0.2, 0.25) is 0 Å². The van der Waals surface area contributed by atoms with Crippen LogP contribution >= 0.6 is 11.3 Å². The Kier molecular flexibility index (Phi) is 6.39. The molecule has 0 unspecified atom stereocenters. The highest BCUT2D eigenvalue weighted by atomic mass is 32.1. The first-order valence-electron chi connectivity index (χ1n) is 8.75. The second kappa shape index (κ2) is 9.14. The van der Waals surface area contributed by atoms with Gasteiger partial charge in [-0.1, -0.05) is 12.1 Å². The summed E-state index contributed by atoms with van der Waals surface area (Å²) in [4.78, 5) is 28.5. The molecule has 0 aliphatic rings. The van der Waals surface area contributed by atoms with Crippen LogP contribution in [-0.4, -0.2) is 30.6 Å². The van der Waals surface area contributed by atoms with E-state index in [2.05, 4.69) is 10.3 Å². The van der Waals surface area contributed by atoms with Gasteiger partial charge >= 0.3 is 5.97 Å². The number of benzene rings is 2. The maximum Gasteiger partial charge on any atom is 0.338 e. The standard InChI is InChI=1S/C21H20N2O4S/c1-3-27-21(25)15-6-8-16(9-7-15)22-20(24)18-13-28-19(23-18)12-14-4-10-17(26-2)11-5-14/h4-11,13H,3,12H2,1-2H3,(H,22,24). The maximum absolute atomic E-state index is 12.4. The van der Waals surface area contributed by atoms with Crippen LogP contribution in [0.25, 0.3) is 0 Å². The molecule has 144 valence electrons. The van der Waals surface area contributed by atoms with Gasteiger partial charge in [-0.3, -0.25) is 4.79 Å². The smallest absolute Gasteiger partial charge is 0.338 e. The summed E-state index contributed by atoms with van der Waals surface area (Å²) in [6.07, 6.45) is 0.649. The summed E-state index contributed by atoms with van der Waals surface area (Å²) in [7, 11) is 1.63. The molecule has 0 saturated carbocycles. The molecule has 3 aromatic rings. The first-order valence-corrected chi connectivity index (χ1v) is 9.63. The van der Waals surface area contributed by atoms with Crippen molar-refractivity contribution in [2.75, 3.05) is 19.0 Å². The lowest BCUT2D eigenvalue weighted by molar-refractivity contribution is 0.0526. The molecule has 0 bridgehead atoms. The molecule has 0 atom stereocenters. The van der Waals surface area contributed by atoms with Gasteiger partial charge < -0.3 is 14.8 Å². The Bertz CT molecular complexity index is 949. The summed E-state index contributed by atoms with van der Waals surface area (Å²) in [6.45, 7) is 2.07. The molecule has 7 heteroatoms. The first kappa shape index (κ1) is 19.6. The number of esters is 1. The number of nitrogens with zero attached hydrogens (tertiary/aromatic N) is 1. The van der Waals surface area contributed by atoms with Gasteiger partial charge in [-0.15, -0.1) is 11.3 Å². The second-order valence-electron chi connectivity index (χ2n) is 5.90. The van der Waals surface area contributed by atoms with Crippen molar-refractivity contribution in [3.8, 4) is 5.75 Å². The summed E-state index contributed by atoms with van der Waals surface area (Å²) < 4.78 is 10.1. The molecular weight excluding hydrogens is 376 g/mol. The Labute approximate surface area is 167 Å². The van der Waals surface area contributed by atoms with Crippen molar-refractivity contribution >= 4 is 28.9 Å². The lowest BCUT2D eigenvalue weighted by Gasteiger charge is -2.05. The molecule has 0 radical (unpaired) electrons. The van der Waals surface area contributed by atoms with E-state index in [1.54, 1.807) is 43.7 Å². The SMILES string of the molecule is CCOC(=O)c1ccc(NC(=O)c2csc(Cc3ccc(OC)cc3)n2)cc1. The van der Waals surface area contributed by atoms with Gasteiger partial charge in [-0.05, 0) is 48.9 Å². The molecule has 0 fully saturated rings. The second-order valence-corrected chi connectivity index (χ2v) is 6.85. The average molecular weight is 396 g/mol. The zero-order valence-corrected chi connectivity index (χ0v) is 16.4. The van der Waals surface area contributed by atoms with Crippen LogP contribution in [-0.2, 0) is 11.2 Å². The third kappa shape index (κ3) is 4.95. The minimum absolute atomic E-state index is 0.291. The van der Waals surface area contributed by atoms with Crippen LogP contribution < -0.4 is 10.1 Å². The fourth-order valence-electron chi connectivity index (χ4n) is 2.51. The lowest BCUT2D eigenvalue weighted by Crippen LogP contribution is -2.12. The predicted octanol–water partition coefficient (Wildman–Crippen LogP) is 4.17. The van der Waals surface area contributed by atoms with Gasteiger partial charge in [0.25, 0.3) is 5.91 Å². The largest absolute Gasteiger partial charge is 0.497 e. The number of methoxy groups -OCH3 is 1. The quantitative estimate of drug-likeness (QED) is 0.607. The minimum Gasteiger partial charge on any atom is -0.497 e. The zero-order chi connectivity index (χ0) is 19.9. The van der Waals surface area contributed by atoms with Gasteiger partial charge in [-0.25, -0.2) is 9.78 Å². The third-order valence-electron chi connectivity index (χ3n) is 3.95. The summed E-state index contributed by atoms with van der Waals surface area (Å²) >= 11 is 1.44. The van der Waals surface area contributed by atoms with Crippen LogP contribution in [0, 0.1) is 0 Å². The molecule has 2 aromatic carbocycles. The van der Waals surface area contributed by atoms with E-state index in [-0.39, 0.29) is 11.9 Å². The van der Waals surface area contributed by atoms with Gasteiger partial charge in [0.15, 0.2) is 0 Å². The molecule has 1 aromatic heterocycles. The Morgan fingerprint density at radius 2 is 1.79 bits per heavy atom. The van der Waals surface area contributed by atoms with Crippen molar-refractivity contribution in [2.24, 2.45) is 0 Å². The van der Waals surface area contributed by atoms with Crippen LogP contribution in [0.15, 0.2) is 53.9 Å². The highest BCUT2D eigenvalue weighted by Crippen LogP contribution is 2.19. The normalized spacial score (nSPS) is 10.4. The number of thiazole rings is 1. The number of rotatable bonds is 7. The highest BCUT2D eigenvalue weighted by molar-refractivity contribution is 7.09. The van der Waals surface area contributed by atoms with Crippen molar-refractivity contribution in [3.63, 3.8) is 0 Å². The molecule has 1 heterocycles. The molecule has 28 heavy (non-hydrogen) atoms. The number of ether oxygens (including phenoxy) is 2. The molecule has 1 N–H and O–H groups in total. The van der Waals surface area contributed by atoms with Gasteiger partial charge in [-0.2, -0.15) is 0 Å². The molecule has 0 aliphatic carbocycles. The summed E-state index contributed by atoms with van der Waals surface area (Å²) in [5.74, 6) is 0.126. The fourth-order valence-corrected chi connectivity index (χ4v) is 3.32. The van der Waals surface area contributed by atoms with Gasteiger partial charge in [0.1, 0.15) is 11.4 Å². The third-order valence-corrected chi connectivity index (χ3v) is 4.80. The van der Waals surface area contributed by atoms with E-state index in [0.717, 1.165) is 16.3 Å². The predicted molar refractivity (Wildman–Crippen MR) is 108 cm³/mol. The van der Waals surface area contributed by atoms with E-state index in [1.165, 1.54) is 11.3 Å². The number of amides is 1. The lowest BCUT2D eigenvalue weighted by atomic mass is 10.1.